The number of halogens is 2. The number of rotatable bonds is 7. The van der Waals surface area contributed by atoms with Gasteiger partial charge in [0.05, 0.1) is 12.1 Å². The first-order valence-corrected chi connectivity index (χ1v) is 10.4. The average Bonchev–Trinajstić information content (AvgIpc) is 3.30. The Hall–Kier alpha value is -3.51. The van der Waals surface area contributed by atoms with Crippen molar-refractivity contribution in [2.45, 2.75) is 31.8 Å². The minimum Gasteiger partial charge on any atom is -0.337 e. The topological polar surface area (TPSA) is 121 Å². The lowest BCUT2D eigenvalue weighted by molar-refractivity contribution is 0.0705. The molecule has 0 radical (unpaired) electrons. The summed E-state index contributed by atoms with van der Waals surface area (Å²) in [6.07, 6.45) is 4.27. The molecule has 1 aliphatic heterocycles. The zero-order chi connectivity index (χ0) is 23.4. The van der Waals surface area contributed by atoms with Gasteiger partial charge in [-0.1, -0.05) is 11.2 Å². The quantitative estimate of drug-likeness (QED) is 0.405. The van der Waals surface area contributed by atoms with Crippen molar-refractivity contribution in [2.24, 2.45) is 0 Å². The molecule has 0 atom stereocenters. The lowest BCUT2D eigenvalue weighted by Crippen LogP contribution is -2.32. The molecule has 2 N–H and O–H groups in total. The van der Waals surface area contributed by atoms with Crippen LogP contribution in [-0.2, 0) is 13.1 Å². The summed E-state index contributed by atoms with van der Waals surface area (Å²) >= 11 is 0. The highest BCUT2D eigenvalue weighted by atomic mass is 19.2. The molecule has 0 unspecified atom stereocenters. The lowest BCUT2D eigenvalue weighted by Gasteiger charge is -2.30. The SMILES string of the molecule is CN(Cc1nc(C2CCN(Cc3ccc(F)c(F)c3)CC2)no1)c1ncc(C(=O)NO)cn1. The van der Waals surface area contributed by atoms with Gasteiger partial charge in [-0.15, -0.1) is 0 Å². The normalized spacial score (nSPS) is 14.9. The Balaban J connectivity index is 1.29. The van der Waals surface area contributed by atoms with Crippen LogP contribution in [0.15, 0.2) is 35.1 Å². The van der Waals surface area contributed by atoms with E-state index in [4.69, 9.17) is 9.73 Å². The molecular formula is C21H23F2N7O3. The van der Waals surface area contributed by atoms with Crippen LogP contribution in [0.1, 0.15) is 46.4 Å². The van der Waals surface area contributed by atoms with Crippen LogP contribution in [0, 0.1) is 11.6 Å². The molecule has 1 aromatic carbocycles. The summed E-state index contributed by atoms with van der Waals surface area (Å²) < 4.78 is 31.9. The van der Waals surface area contributed by atoms with Gasteiger partial charge in [0.15, 0.2) is 17.5 Å². The van der Waals surface area contributed by atoms with Crippen molar-refractivity contribution in [1.82, 2.24) is 30.5 Å². The molecule has 174 valence electrons. The highest BCUT2D eigenvalue weighted by Crippen LogP contribution is 2.27. The van der Waals surface area contributed by atoms with Crippen LogP contribution in [-0.4, -0.2) is 56.3 Å². The molecule has 12 heteroatoms. The van der Waals surface area contributed by atoms with Crippen LogP contribution < -0.4 is 10.4 Å². The van der Waals surface area contributed by atoms with E-state index in [9.17, 15) is 13.6 Å². The number of nitrogens with zero attached hydrogens (tertiary/aromatic N) is 6. The monoisotopic (exact) mass is 459 g/mol. The summed E-state index contributed by atoms with van der Waals surface area (Å²) in [4.78, 5) is 27.9. The summed E-state index contributed by atoms with van der Waals surface area (Å²) in [7, 11) is 1.75. The molecule has 1 aliphatic rings. The van der Waals surface area contributed by atoms with Crippen molar-refractivity contribution in [3.63, 3.8) is 0 Å². The van der Waals surface area contributed by atoms with Crippen molar-refractivity contribution >= 4 is 11.9 Å². The van der Waals surface area contributed by atoms with E-state index >= 15 is 0 Å². The minimum atomic E-state index is -0.839. The van der Waals surface area contributed by atoms with E-state index in [2.05, 4.69) is 25.0 Å². The second-order valence-corrected chi connectivity index (χ2v) is 7.91. The number of hydroxylamine groups is 1. The van der Waals surface area contributed by atoms with Gasteiger partial charge in [0.2, 0.25) is 11.8 Å². The van der Waals surface area contributed by atoms with E-state index in [0.29, 0.717) is 24.2 Å². The van der Waals surface area contributed by atoms with Crippen LogP contribution in [0.2, 0.25) is 0 Å². The highest BCUT2D eigenvalue weighted by Gasteiger charge is 2.25. The van der Waals surface area contributed by atoms with Crippen LogP contribution >= 0.6 is 0 Å². The van der Waals surface area contributed by atoms with Crippen LogP contribution in [0.5, 0.6) is 0 Å². The standard InChI is InChI=1S/C21H23F2N7O3/c1-29(21-24-9-15(10-25-21)20(31)27-32)12-18-26-19(28-33-18)14-4-6-30(7-5-14)11-13-2-3-16(22)17(23)8-13/h2-3,8-10,14,32H,4-7,11-12H2,1H3,(H,27,31). The molecule has 3 aromatic rings. The van der Waals surface area contributed by atoms with E-state index in [1.54, 1.807) is 18.0 Å². The highest BCUT2D eigenvalue weighted by molar-refractivity contribution is 5.92. The minimum absolute atomic E-state index is 0.130. The third-order valence-electron chi connectivity index (χ3n) is 5.54. The van der Waals surface area contributed by atoms with Crippen LogP contribution in [0.25, 0.3) is 0 Å². The lowest BCUT2D eigenvalue weighted by atomic mass is 9.96. The smallest absolute Gasteiger partial charge is 0.277 e. The van der Waals surface area contributed by atoms with Gasteiger partial charge in [-0.25, -0.2) is 24.2 Å². The van der Waals surface area contributed by atoms with E-state index in [0.717, 1.165) is 37.6 Å². The number of nitrogens with one attached hydrogen (secondary N) is 1. The molecular weight excluding hydrogens is 436 g/mol. The van der Waals surface area contributed by atoms with Crippen molar-refractivity contribution in [1.29, 1.82) is 0 Å². The number of carbonyl (C=O) groups excluding carboxylic acids is 1. The molecule has 0 bridgehead atoms. The summed E-state index contributed by atoms with van der Waals surface area (Å²) in [5.74, 6) is -0.797. The Kier molecular flexibility index (Phi) is 6.84. The fraction of sp³-hybridized carbons (Fsp3) is 0.381. The van der Waals surface area contributed by atoms with Crippen molar-refractivity contribution in [2.75, 3.05) is 25.0 Å². The Morgan fingerprint density at radius 3 is 2.64 bits per heavy atom. The Morgan fingerprint density at radius 1 is 1.24 bits per heavy atom. The van der Waals surface area contributed by atoms with Crippen LogP contribution in [0.3, 0.4) is 0 Å². The predicted octanol–water partition coefficient (Wildman–Crippen LogP) is 2.27. The third-order valence-corrected chi connectivity index (χ3v) is 5.54. The molecule has 4 rings (SSSR count). The maximum Gasteiger partial charge on any atom is 0.277 e. The number of piperidine rings is 1. The largest absolute Gasteiger partial charge is 0.337 e. The zero-order valence-electron chi connectivity index (χ0n) is 17.9. The second-order valence-electron chi connectivity index (χ2n) is 7.91. The Labute approximate surface area is 188 Å². The molecule has 1 amide bonds. The second kappa shape index (κ2) is 9.96. The summed E-state index contributed by atoms with van der Waals surface area (Å²) in [6.45, 7) is 2.42. The van der Waals surface area contributed by atoms with E-state index in [-0.39, 0.29) is 18.0 Å². The Bertz CT molecular complexity index is 1100. The first-order valence-electron chi connectivity index (χ1n) is 10.4. The number of likely N-dealkylation sites (tertiary alicyclic amines) is 1. The van der Waals surface area contributed by atoms with Gasteiger partial charge in [-0.3, -0.25) is 14.9 Å². The number of benzene rings is 1. The molecule has 3 heterocycles. The van der Waals surface area contributed by atoms with E-state index in [1.165, 1.54) is 23.9 Å². The number of hydrogen-bond acceptors (Lipinski definition) is 9. The molecule has 0 spiro atoms. The van der Waals surface area contributed by atoms with Gasteiger partial charge >= 0.3 is 0 Å². The van der Waals surface area contributed by atoms with Gasteiger partial charge in [0.1, 0.15) is 0 Å². The maximum atomic E-state index is 13.4. The summed E-state index contributed by atoms with van der Waals surface area (Å²) in [5.41, 5.74) is 2.40. The van der Waals surface area contributed by atoms with Crippen molar-refractivity contribution in [3.05, 3.63) is 65.1 Å². The molecule has 10 nitrogen and oxygen atoms in total. The van der Waals surface area contributed by atoms with Gasteiger partial charge in [0, 0.05) is 31.9 Å². The van der Waals surface area contributed by atoms with Crippen molar-refractivity contribution in [3.8, 4) is 0 Å². The van der Waals surface area contributed by atoms with Crippen molar-refractivity contribution < 1.29 is 23.3 Å². The zero-order valence-corrected chi connectivity index (χ0v) is 17.9. The fourth-order valence-corrected chi connectivity index (χ4v) is 3.72. The van der Waals surface area contributed by atoms with Gasteiger partial charge in [-0.05, 0) is 43.6 Å². The van der Waals surface area contributed by atoms with Crippen LogP contribution in [0.4, 0.5) is 14.7 Å². The van der Waals surface area contributed by atoms with Gasteiger partial charge in [-0.2, -0.15) is 4.98 Å². The number of aromatic nitrogens is 4. The molecule has 1 fully saturated rings. The summed E-state index contributed by atoms with van der Waals surface area (Å²) in [6, 6.07) is 3.99. The summed E-state index contributed by atoms with van der Waals surface area (Å²) in [5, 5.41) is 12.8. The first-order chi connectivity index (χ1) is 15.9. The van der Waals surface area contributed by atoms with E-state index in [1.807, 2.05) is 0 Å². The third kappa shape index (κ3) is 5.46. The number of hydrogen-bond donors (Lipinski definition) is 2. The Morgan fingerprint density at radius 2 is 1.97 bits per heavy atom. The maximum absolute atomic E-state index is 13.4. The van der Waals surface area contributed by atoms with Gasteiger partial charge < -0.3 is 9.42 Å². The van der Waals surface area contributed by atoms with E-state index < -0.39 is 17.5 Å². The predicted molar refractivity (Wildman–Crippen MR) is 111 cm³/mol. The molecule has 2 aromatic heterocycles. The molecule has 0 aliphatic carbocycles. The number of anilines is 1. The molecule has 0 saturated carbocycles. The molecule has 1 saturated heterocycles. The molecule has 33 heavy (non-hydrogen) atoms. The first kappa shape index (κ1) is 22.7. The van der Waals surface area contributed by atoms with Gasteiger partial charge in [0.25, 0.3) is 5.91 Å². The average molecular weight is 459 g/mol. The number of amides is 1. The fourth-order valence-electron chi connectivity index (χ4n) is 3.72. The number of carbonyl (C=O) groups is 1.